The molecular formula is C17H23N3O. The van der Waals surface area contributed by atoms with Crippen LogP contribution < -0.4 is 0 Å². The average Bonchev–Trinajstić information content (AvgIpc) is 2.92. The molecule has 21 heavy (non-hydrogen) atoms. The normalized spacial score (nSPS) is 16.6. The summed E-state index contributed by atoms with van der Waals surface area (Å²) in [5.74, 6) is 0.244. The molecule has 1 fully saturated rings. The van der Waals surface area contributed by atoms with Crippen LogP contribution in [0.1, 0.15) is 18.1 Å². The molecule has 1 aliphatic rings. The van der Waals surface area contributed by atoms with E-state index < -0.39 is 0 Å². The van der Waals surface area contributed by atoms with Crippen molar-refractivity contribution in [2.24, 2.45) is 0 Å². The summed E-state index contributed by atoms with van der Waals surface area (Å²) in [5.41, 5.74) is 3.48. The minimum absolute atomic E-state index is 0.244. The van der Waals surface area contributed by atoms with E-state index in [4.69, 9.17) is 0 Å². The van der Waals surface area contributed by atoms with Crippen molar-refractivity contribution in [1.29, 1.82) is 0 Å². The maximum Gasteiger partial charge on any atom is 0.227 e. The van der Waals surface area contributed by atoms with Crippen LogP contribution in [0.25, 0.3) is 10.9 Å². The minimum Gasteiger partial charge on any atom is -0.361 e. The Bertz CT molecular complexity index is 639. The topological polar surface area (TPSA) is 39.3 Å². The number of hydrogen-bond acceptors (Lipinski definition) is 2. The Morgan fingerprint density at radius 3 is 2.71 bits per heavy atom. The van der Waals surface area contributed by atoms with E-state index in [1.807, 2.05) is 11.1 Å². The first kappa shape index (κ1) is 14.1. The van der Waals surface area contributed by atoms with Gasteiger partial charge in [0.05, 0.1) is 6.42 Å². The molecule has 2 aromatic rings. The van der Waals surface area contributed by atoms with E-state index in [1.165, 1.54) is 10.9 Å². The summed E-state index contributed by atoms with van der Waals surface area (Å²) in [5, 5.41) is 1.18. The van der Waals surface area contributed by atoms with Crippen molar-refractivity contribution >= 4 is 16.8 Å². The number of amides is 1. The van der Waals surface area contributed by atoms with E-state index in [1.54, 1.807) is 0 Å². The maximum atomic E-state index is 12.5. The van der Waals surface area contributed by atoms with Crippen molar-refractivity contribution in [2.45, 2.75) is 20.3 Å². The van der Waals surface area contributed by atoms with Gasteiger partial charge in [-0.25, -0.2) is 0 Å². The summed E-state index contributed by atoms with van der Waals surface area (Å²) in [6, 6.07) is 6.24. The first-order chi connectivity index (χ1) is 10.2. The zero-order valence-electron chi connectivity index (χ0n) is 12.9. The standard InChI is InChI=1S/C17H23N3O/c1-3-19-7-9-20(10-8-19)16(21)11-14-12-18-17-13(2)5-4-6-15(14)17/h4-6,12,18H,3,7-11H2,1-2H3. The van der Waals surface area contributed by atoms with Crippen LogP contribution >= 0.6 is 0 Å². The molecule has 1 N–H and O–H groups in total. The number of carbonyl (C=O) groups excluding carboxylic acids is 1. The molecule has 0 saturated carbocycles. The van der Waals surface area contributed by atoms with Crippen molar-refractivity contribution in [3.05, 3.63) is 35.5 Å². The first-order valence-electron chi connectivity index (χ1n) is 7.74. The molecule has 4 nitrogen and oxygen atoms in total. The van der Waals surface area contributed by atoms with Crippen molar-refractivity contribution in [3.63, 3.8) is 0 Å². The molecule has 1 amide bonds. The third-order valence-electron chi connectivity index (χ3n) is 4.52. The highest BCUT2D eigenvalue weighted by Gasteiger charge is 2.21. The molecule has 0 radical (unpaired) electrons. The Balaban J connectivity index is 1.71. The van der Waals surface area contributed by atoms with Crippen LogP contribution in [0.4, 0.5) is 0 Å². The Labute approximate surface area is 125 Å². The number of likely N-dealkylation sites (N-methyl/N-ethyl adjacent to an activating group) is 1. The number of carbonyl (C=O) groups is 1. The van der Waals surface area contributed by atoms with Gasteiger partial charge < -0.3 is 14.8 Å². The van der Waals surface area contributed by atoms with Crippen LogP contribution in [0.15, 0.2) is 24.4 Å². The smallest absolute Gasteiger partial charge is 0.227 e. The van der Waals surface area contributed by atoms with Gasteiger partial charge >= 0.3 is 0 Å². The molecule has 0 aliphatic carbocycles. The van der Waals surface area contributed by atoms with Crippen LogP contribution in [0, 0.1) is 6.92 Å². The highest BCUT2D eigenvalue weighted by atomic mass is 16.2. The molecular weight excluding hydrogens is 262 g/mol. The Hall–Kier alpha value is -1.81. The SMILES string of the molecule is CCN1CCN(C(=O)Cc2c[nH]c3c(C)cccc23)CC1. The minimum atomic E-state index is 0.244. The van der Waals surface area contributed by atoms with Gasteiger partial charge in [0.1, 0.15) is 0 Å². The van der Waals surface area contributed by atoms with Gasteiger partial charge in [0, 0.05) is 43.3 Å². The summed E-state index contributed by atoms with van der Waals surface area (Å²) >= 11 is 0. The number of H-pyrrole nitrogens is 1. The van der Waals surface area contributed by atoms with Gasteiger partial charge in [0.2, 0.25) is 5.91 Å². The summed E-state index contributed by atoms with van der Waals surface area (Å²) in [6.45, 7) is 9.04. The number of hydrogen-bond donors (Lipinski definition) is 1. The molecule has 112 valence electrons. The number of aromatic nitrogens is 1. The number of aromatic amines is 1. The van der Waals surface area contributed by atoms with E-state index in [9.17, 15) is 4.79 Å². The predicted molar refractivity (Wildman–Crippen MR) is 85.4 cm³/mol. The fourth-order valence-corrected chi connectivity index (χ4v) is 3.10. The lowest BCUT2D eigenvalue weighted by atomic mass is 10.1. The van der Waals surface area contributed by atoms with Crippen molar-refractivity contribution in [2.75, 3.05) is 32.7 Å². The van der Waals surface area contributed by atoms with Gasteiger partial charge in [-0.15, -0.1) is 0 Å². The van der Waals surface area contributed by atoms with Crippen molar-refractivity contribution in [3.8, 4) is 0 Å². The second kappa shape index (κ2) is 5.90. The average molecular weight is 285 g/mol. The monoisotopic (exact) mass is 285 g/mol. The molecule has 1 aromatic heterocycles. The summed E-state index contributed by atoms with van der Waals surface area (Å²) < 4.78 is 0. The zero-order chi connectivity index (χ0) is 14.8. The Kier molecular flexibility index (Phi) is 3.97. The lowest BCUT2D eigenvalue weighted by Gasteiger charge is -2.34. The summed E-state index contributed by atoms with van der Waals surface area (Å²) in [6.07, 6.45) is 2.48. The van der Waals surface area contributed by atoms with Crippen molar-refractivity contribution in [1.82, 2.24) is 14.8 Å². The third-order valence-corrected chi connectivity index (χ3v) is 4.52. The zero-order valence-corrected chi connectivity index (χ0v) is 12.9. The molecule has 1 aliphatic heterocycles. The molecule has 1 aromatic carbocycles. The molecule has 0 atom stereocenters. The van der Waals surface area contributed by atoms with Crippen LogP contribution in [0.3, 0.4) is 0 Å². The number of nitrogens with one attached hydrogen (secondary N) is 1. The quantitative estimate of drug-likeness (QED) is 0.939. The van der Waals surface area contributed by atoms with E-state index in [-0.39, 0.29) is 5.91 Å². The van der Waals surface area contributed by atoms with Gasteiger partial charge in [0.15, 0.2) is 0 Å². The highest BCUT2D eigenvalue weighted by molar-refractivity contribution is 5.90. The molecule has 2 heterocycles. The van der Waals surface area contributed by atoms with Crippen LogP contribution in [-0.2, 0) is 11.2 Å². The number of para-hydroxylation sites is 1. The Morgan fingerprint density at radius 1 is 1.24 bits per heavy atom. The fourth-order valence-electron chi connectivity index (χ4n) is 3.10. The largest absolute Gasteiger partial charge is 0.361 e. The molecule has 0 unspecified atom stereocenters. The van der Waals surface area contributed by atoms with Crippen molar-refractivity contribution < 1.29 is 4.79 Å². The number of piperazine rings is 1. The molecule has 0 bridgehead atoms. The second-order valence-electron chi connectivity index (χ2n) is 5.80. The van der Waals surface area contributed by atoms with Crippen LogP contribution in [0.5, 0.6) is 0 Å². The molecule has 1 saturated heterocycles. The van der Waals surface area contributed by atoms with E-state index >= 15 is 0 Å². The molecule has 0 spiro atoms. The number of fused-ring (bicyclic) bond motifs is 1. The lowest BCUT2D eigenvalue weighted by molar-refractivity contribution is -0.132. The maximum absolute atomic E-state index is 12.5. The number of nitrogens with zero attached hydrogens (tertiary/aromatic N) is 2. The Morgan fingerprint density at radius 2 is 2.00 bits per heavy atom. The first-order valence-corrected chi connectivity index (χ1v) is 7.74. The van der Waals surface area contributed by atoms with E-state index in [2.05, 4.69) is 41.9 Å². The number of rotatable bonds is 3. The van der Waals surface area contributed by atoms with Gasteiger partial charge in [-0.3, -0.25) is 4.79 Å². The number of benzene rings is 1. The van der Waals surface area contributed by atoms with E-state index in [0.717, 1.165) is 43.8 Å². The molecule has 3 rings (SSSR count). The van der Waals surface area contributed by atoms with Crippen LogP contribution in [0.2, 0.25) is 0 Å². The van der Waals surface area contributed by atoms with E-state index in [0.29, 0.717) is 6.42 Å². The van der Waals surface area contributed by atoms with Gasteiger partial charge in [-0.05, 0) is 24.6 Å². The fraction of sp³-hybridized carbons (Fsp3) is 0.471. The predicted octanol–water partition coefficient (Wildman–Crippen LogP) is 2.18. The highest BCUT2D eigenvalue weighted by Crippen LogP contribution is 2.22. The number of aryl methyl sites for hydroxylation is 1. The van der Waals surface area contributed by atoms with Gasteiger partial charge in [-0.1, -0.05) is 25.1 Å². The third kappa shape index (κ3) is 2.81. The lowest BCUT2D eigenvalue weighted by Crippen LogP contribution is -2.48. The second-order valence-corrected chi connectivity index (χ2v) is 5.80. The molecule has 4 heteroatoms. The summed E-state index contributed by atoms with van der Waals surface area (Å²) in [7, 11) is 0. The van der Waals surface area contributed by atoms with Gasteiger partial charge in [0.25, 0.3) is 0 Å². The summed E-state index contributed by atoms with van der Waals surface area (Å²) in [4.78, 5) is 20.2. The van der Waals surface area contributed by atoms with Gasteiger partial charge in [-0.2, -0.15) is 0 Å². The van der Waals surface area contributed by atoms with Crippen LogP contribution in [-0.4, -0.2) is 53.4 Å².